The van der Waals surface area contributed by atoms with E-state index in [1.807, 2.05) is 18.2 Å². The van der Waals surface area contributed by atoms with Crippen molar-refractivity contribution in [3.63, 3.8) is 0 Å². The van der Waals surface area contributed by atoms with Gasteiger partial charge in [-0.2, -0.15) is 10.2 Å². The van der Waals surface area contributed by atoms with Crippen molar-refractivity contribution in [3.05, 3.63) is 36.8 Å². The van der Waals surface area contributed by atoms with Crippen LogP contribution >= 0.6 is 0 Å². The molecule has 0 radical (unpaired) electrons. The summed E-state index contributed by atoms with van der Waals surface area (Å²) >= 11 is 0. The zero-order valence-corrected chi connectivity index (χ0v) is 19.2. The highest BCUT2D eigenvalue weighted by Crippen LogP contribution is 2.33. The fourth-order valence-electron chi connectivity index (χ4n) is 4.57. The van der Waals surface area contributed by atoms with Gasteiger partial charge in [0.25, 0.3) is 0 Å². The number of pyridine rings is 2. The third-order valence-corrected chi connectivity index (χ3v) is 6.42. The highest BCUT2D eigenvalue weighted by atomic mass is 16.5. The van der Waals surface area contributed by atoms with Crippen LogP contribution in [0.25, 0.3) is 22.3 Å². The molecule has 1 saturated carbocycles. The molecular weight excluding hydrogens is 448 g/mol. The van der Waals surface area contributed by atoms with Gasteiger partial charge in [-0.05, 0) is 43.0 Å². The van der Waals surface area contributed by atoms with E-state index in [0.29, 0.717) is 36.9 Å². The van der Waals surface area contributed by atoms with E-state index < -0.39 is 0 Å². The number of ether oxygens (including phenoxy) is 2. The Morgan fingerprint density at radius 1 is 1.06 bits per heavy atom. The quantitative estimate of drug-likeness (QED) is 0.423. The molecule has 4 aromatic heterocycles. The van der Waals surface area contributed by atoms with Crippen molar-refractivity contribution in [2.75, 3.05) is 36.5 Å². The first-order valence-electron chi connectivity index (χ1n) is 11.9. The Balaban J connectivity index is 0.00000160. The van der Waals surface area contributed by atoms with Crippen molar-refractivity contribution in [2.45, 2.75) is 37.8 Å². The van der Waals surface area contributed by atoms with E-state index in [2.05, 4.69) is 45.8 Å². The number of tetrazole rings is 1. The maximum atomic E-state index is 6.54. The predicted octanol–water partition coefficient (Wildman–Crippen LogP) is 2.73. The van der Waals surface area contributed by atoms with Crippen LogP contribution in [0.2, 0.25) is 0 Å². The van der Waals surface area contributed by atoms with Crippen molar-refractivity contribution in [1.82, 2.24) is 40.6 Å². The largest absolute Gasteiger partial charge is 0.474 e. The smallest absolute Gasteiger partial charge is 0.225 e. The Bertz CT molecular complexity index is 1270. The normalized spacial score (nSPS) is 20.6. The van der Waals surface area contributed by atoms with Crippen LogP contribution in [0.15, 0.2) is 36.8 Å². The van der Waals surface area contributed by atoms with Gasteiger partial charge in [0, 0.05) is 52.2 Å². The lowest BCUT2D eigenvalue weighted by molar-refractivity contribution is 0.122. The Kier molecular flexibility index (Phi) is 6.01. The number of rotatable bonds is 6. The van der Waals surface area contributed by atoms with Crippen LogP contribution in [-0.2, 0) is 4.74 Å². The number of fused-ring (bicyclic) bond motifs is 1. The van der Waals surface area contributed by atoms with Gasteiger partial charge < -0.3 is 19.7 Å². The number of H-pyrrole nitrogens is 1. The van der Waals surface area contributed by atoms with Crippen molar-refractivity contribution < 1.29 is 12.3 Å². The number of aromatic nitrogens is 8. The molecular formula is C23H30N10O2. The van der Waals surface area contributed by atoms with Crippen molar-refractivity contribution in [3.8, 4) is 17.3 Å². The van der Waals surface area contributed by atoms with E-state index in [9.17, 15) is 0 Å². The van der Waals surface area contributed by atoms with Gasteiger partial charge in [-0.25, -0.2) is 9.97 Å². The molecule has 5 heterocycles. The average Bonchev–Trinajstić information content (AvgIpc) is 3.46. The molecule has 35 heavy (non-hydrogen) atoms. The molecule has 0 amide bonds. The third kappa shape index (κ3) is 4.83. The summed E-state index contributed by atoms with van der Waals surface area (Å²) in [6.45, 7) is 2.94. The lowest BCUT2D eigenvalue weighted by atomic mass is 9.93. The van der Waals surface area contributed by atoms with E-state index in [4.69, 9.17) is 14.5 Å². The molecule has 0 spiro atoms. The summed E-state index contributed by atoms with van der Waals surface area (Å²) in [6.07, 6.45) is 9.07. The van der Waals surface area contributed by atoms with E-state index >= 15 is 0 Å². The summed E-state index contributed by atoms with van der Waals surface area (Å²) < 4.78 is 12.1. The number of aromatic amines is 1. The first-order valence-corrected chi connectivity index (χ1v) is 11.9. The average molecular weight is 479 g/mol. The van der Waals surface area contributed by atoms with Gasteiger partial charge in [0.2, 0.25) is 17.7 Å². The molecule has 0 aromatic carbocycles. The van der Waals surface area contributed by atoms with Crippen molar-refractivity contribution in [2.24, 2.45) is 0 Å². The molecule has 1 aliphatic carbocycles. The van der Waals surface area contributed by atoms with Gasteiger partial charge in [-0.15, -0.1) is 10.2 Å². The van der Waals surface area contributed by atoms with Crippen molar-refractivity contribution in [1.29, 1.82) is 0 Å². The summed E-state index contributed by atoms with van der Waals surface area (Å²) in [5.41, 5.74) is 1.58. The fraction of sp³-hybridized carbons (Fsp3) is 0.435. The lowest BCUT2D eigenvalue weighted by Crippen LogP contribution is -2.37. The summed E-state index contributed by atoms with van der Waals surface area (Å²) in [5, 5.41) is 18.6. The Labute approximate surface area is 204 Å². The van der Waals surface area contributed by atoms with Crippen molar-refractivity contribution >= 4 is 22.7 Å². The molecule has 1 aliphatic heterocycles. The second kappa shape index (κ2) is 9.74. The van der Waals surface area contributed by atoms with Gasteiger partial charge in [-0.1, -0.05) is 0 Å². The summed E-state index contributed by atoms with van der Waals surface area (Å²) in [6, 6.07) is 6.12. The number of nitrogens with zero attached hydrogens (tertiary/aromatic N) is 8. The summed E-state index contributed by atoms with van der Waals surface area (Å²) in [5.74, 6) is 2.59. The molecule has 2 N–H and O–H groups in total. The maximum Gasteiger partial charge on any atom is 0.225 e. The first kappa shape index (κ1) is 21.6. The van der Waals surface area contributed by atoms with Gasteiger partial charge in [0.05, 0.1) is 24.1 Å². The minimum absolute atomic E-state index is 0. The second-order valence-electron chi connectivity index (χ2n) is 8.72. The van der Waals surface area contributed by atoms with Crippen LogP contribution in [0, 0.1) is 0 Å². The molecule has 0 atom stereocenters. The molecule has 2 aliphatic rings. The minimum atomic E-state index is 0. The standard InChI is InChI=1S/C23H26N10O2.2H2/c1-6-24-23(25-7-1)27-16-2-4-17(5-3-16)35-22-18-12-15(21-29-31-32-30-21)14-26-19(18)13-20(28-22)33-8-10-34-11-9-33;;/h1,6-7,12-14,16-17H,2-5,8-11H2,(H,24,25,27)(H,29,30,31,32);2*1H. The minimum Gasteiger partial charge on any atom is -0.474 e. The molecule has 0 bridgehead atoms. The Morgan fingerprint density at radius 3 is 2.66 bits per heavy atom. The SMILES string of the molecule is [HH].[HH].c1cnc(NC2CCC(Oc3nc(N4CCOCC4)cc4ncc(-c5nn[nH]n5)cc34)CC2)nc1. The first-order chi connectivity index (χ1) is 17.3. The van der Waals surface area contributed by atoms with E-state index in [1.165, 1.54) is 0 Å². The predicted molar refractivity (Wildman–Crippen MR) is 132 cm³/mol. The molecule has 4 aromatic rings. The molecule has 1 saturated heterocycles. The molecule has 2 fully saturated rings. The van der Waals surface area contributed by atoms with Gasteiger partial charge >= 0.3 is 0 Å². The van der Waals surface area contributed by atoms with Gasteiger partial charge in [-0.3, -0.25) is 4.98 Å². The van der Waals surface area contributed by atoms with E-state index in [-0.39, 0.29) is 8.96 Å². The van der Waals surface area contributed by atoms with E-state index in [0.717, 1.165) is 61.1 Å². The monoisotopic (exact) mass is 478 g/mol. The fourth-order valence-corrected chi connectivity index (χ4v) is 4.57. The summed E-state index contributed by atoms with van der Waals surface area (Å²) in [4.78, 5) is 20.4. The molecule has 6 rings (SSSR count). The van der Waals surface area contributed by atoms with Gasteiger partial charge in [0.15, 0.2) is 0 Å². The van der Waals surface area contributed by atoms with Crippen LogP contribution in [0.4, 0.5) is 11.8 Å². The van der Waals surface area contributed by atoms with Crippen LogP contribution in [0.5, 0.6) is 5.88 Å². The Hall–Kier alpha value is -3.93. The summed E-state index contributed by atoms with van der Waals surface area (Å²) in [7, 11) is 0. The van der Waals surface area contributed by atoms with Crippen LogP contribution < -0.4 is 15.0 Å². The number of nitrogens with one attached hydrogen (secondary N) is 2. The molecule has 0 unspecified atom stereocenters. The number of hydrogen-bond donors (Lipinski definition) is 2. The highest BCUT2D eigenvalue weighted by molar-refractivity contribution is 5.88. The highest BCUT2D eigenvalue weighted by Gasteiger charge is 2.25. The zero-order chi connectivity index (χ0) is 23.5. The number of morpholine rings is 1. The molecule has 12 heteroatoms. The lowest BCUT2D eigenvalue weighted by Gasteiger charge is -2.31. The van der Waals surface area contributed by atoms with Crippen LogP contribution in [-0.4, -0.2) is 79.0 Å². The van der Waals surface area contributed by atoms with Crippen LogP contribution in [0.3, 0.4) is 0 Å². The topological polar surface area (TPSA) is 140 Å². The van der Waals surface area contributed by atoms with Crippen LogP contribution in [0.1, 0.15) is 28.5 Å². The number of anilines is 2. The maximum absolute atomic E-state index is 6.54. The van der Waals surface area contributed by atoms with E-state index in [1.54, 1.807) is 18.6 Å². The number of hydrogen-bond acceptors (Lipinski definition) is 11. The van der Waals surface area contributed by atoms with Gasteiger partial charge in [0.1, 0.15) is 11.9 Å². The third-order valence-electron chi connectivity index (χ3n) is 6.42. The molecule has 12 nitrogen and oxygen atoms in total. The Morgan fingerprint density at radius 2 is 1.89 bits per heavy atom. The zero-order valence-electron chi connectivity index (χ0n) is 19.2. The second-order valence-corrected chi connectivity index (χ2v) is 8.72. The molecule has 184 valence electrons.